The lowest BCUT2D eigenvalue weighted by atomic mass is 10.0. The number of hydrogen-bond donors (Lipinski definition) is 2. The molecule has 0 aliphatic carbocycles. The Morgan fingerprint density at radius 1 is 1.50 bits per heavy atom. The second-order valence-electron chi connectivity index (χ2n) is 3.44. The van der Waals surface area contributed by atoms with Crippen LogP contribution in [0.5, 0.6) is 0 Å². The van der Waals surface area contributed by atoms with E-state index in [-0.39, 0.29) is 11.9 Å². The quantitative estimate of drug-likeness (QED) is 0.860. The number of benzene rings is 1. The molecule has 0 aliphatic rings. The summed E-state index contributed by atoms with van der Waals surface area (Å²) in [4.78, 5) is 0. The first kappa shape index (κ1) is 11.0. The standard InChI is InChI=1S/C10H10ClFN4/c11-8-4-7(12)2-1-6(8)3-9(13)10-5-14-16-15-10/h1-2,4-5,9H,3,13H2,(H,14,15,16). The van der Waals surface area contributed by atoms with E-state index in [4.69, 9.17) is 17.3 Å². The molecule has 1 unspecified atom stereocenters. The molecule has 0 fully saturated rings. The van der Waals surface area contributed by atoms with E-state index in [0.717, 1.165) is 5.56 Å². The summed E-state index contributed by atoms with van der Waals surface area (Å²) in [5.41, 5.74) is 7.35. The van der Waals surface area contributed by atoms with Gasteiger partial charge < -0.3 is 5.73 Å². The van der Waals surface area contributed by atoms with Crippen LogP contribution >= 0.6 is 11.6 Å². The van der Waals surface area contributed by atoms with Gasteiger partial charge in [0.2, 0.25) is 0 Å². The molecule has 0 bridgehead atoms. The minimum absolute atomic E-state index is 0.304. The first-order valence-electron chi connectivity index (χ1n) is 4.72. The molecule has 0 radical (unpaired) electrons. The maximum Gasteiger partial charge on any atom is 0.124 e. The van der Waals surface area contributed by atoms with E-state index >= 15 is 0 Å². The Bertz CT molecular complexity index is 472. The molecule has 4 nitrogen and oxygen atoms in total. The van der Waals surface area contributed by atoms with Crippen LogP contribution in [-0.4, -0.2) is 15.4 Å². The average molecular weight is 241 g/mol. The topological polar surface area (TPSA) is 67.6 Å². The highest BCUT2D eigenvalue weighted by Gasteiger charge is 2.12. The molecule has 3 N–H and O–H groups in total. The first-order chi connectivity index (χ1) is 7.66. The number of aromatic amines is 1. The van der Waals surface area contributed by atoms with Gasteiger partial charge in [-0.1, -0.05) is 17.7 Å². The van der Waals surface area contributed by atoms with Gasteiger partial charge in [0.25, 0.3) is 0 Å². The maximum atomic E-state index is 12.8. The molecule has 0 spiro atoms. The predicted molar refractivity (Wildman–Crippen MR) is 58.4 cm³/mol. The van der Waals surface area contributed by atoms with Gasteiger partial charge in [0.05, 0.1) is 17.9 Å². The van der Waals surface area contributed by atoms with Crippen molar-refractivity contribution < 1.29 is 4.39 Å². The lowest BCUT2D eigenvalue weighted by Gasteiger charge is -2.09. The number of nitrogens with one attached hydrogen (secondary N) is 1. The van der Waals surface area contributed by atoms with E-state index in [9.17, 15) is 4.39 Å². The molecule has 0 saturated heterocycles. The molecule has 1 heterocycles. The predicted octanol–water partition coefficient (Wildman–Crippen LogP) is 1.84. The third-order valence-corrected chi connectivity index (χ3v) is 2.62. The van der Waals surface area contributed by atoms with E-state index in [0.29, 0.717) is 17.1 Å². The highest BCUT2D eigenvalue weighted by Crippen LogP contribution is 2.21. The van der Waals surface area contributed by atoms with Crippen LogP contribution in [0.3, 0.4) is 0 Å². The Kier molecular flexibility index (Phi) is 3.17. The minimum atomic E-state index is -0.358. The summed E-state index contributed by atoms with van der Waals surface area (Å²) in [6, 6.07) is 3.95. The van der Waals surface area contributed by atoms with Crippen molar-refractivity contribution in [2.45, 2.75) is 12.5 Å². The van der Waals surface area contributed by atoms with Gasteiger partial charge in [-0.15, -0.1) is 0 Å². The number of halogens is 2. The Labute approximate surface area is 96.6 Å². The van der Waals surface area contributed by atoms with Crippen LogP contribution in [0.15, 0.2) is 24.4 Å². The second-order valence-corrected chi connectivity index (χ2v) is 3.85. The monoisotopic (exact) mass is 240 g/mol. The lowest BCUT2D eigenvalue weighted by Crippen LogP contribution is -2.14. The van der Waals surface area contributed by atoms with Gasteiger partial charge in [-0.3, -0.25) is 0 Å². The second kappa shape index (κ2) is 4.59. The fourth-order valence-corrected chi connectivity index (χ4v) is 1.66. The van der Waals surface area contributed by atoms with Crippen molar-refractivity contribution >= 4 is 11.6 Å². The number of aromatic nitrogens is 3. The van der Waals surface area contributed by atoms with Gasteiger partial charge in [0.1, 0.15) is 5.82 Å². The van der Waals surface area contributed by atoms with Gasteiger partial charge in [-0.2, -0.15) is 15.4 Å². The van der Waals surface area contributed by atoms with Crippen molar-refractivity contribution in [2.75, 3.05) is 0 Å². The van der Waals surface area contributed by atoms with Crippen molar-refractivity contribution in [3.05, 3.63) is 46.5 Å². The molecule has 0 aliphatic heterocycles. The van der Waals surface area contributed by atoms with Gasteiger partial charge in [-0.05, 0) is 24.1 Å². The maximum absolute atomic E-state index is 12.8. The summed E-state index contributed by atoms with van der Waals surface area (Å²) in [6.07, 6.45) is 2.05. The molecule has 0 amide bonds. The molecule has 16 heavy (non-hydrogen) atoms. The van der Waals surface area contributed by atoms with Crippen LogP contribution in [0.1, 0.15) is 17.3 Å². The van der Waals surface area contributed by atoms with E-state index in [1.807, 2.05) is 0 Å². The van der Waals surface area contributed by atoms with E-state index in [1.165, 1.54) is 12.1 Å². The highest BCUT2D eigenvalue weighted by atomic mass is 35.5. The van der Waals surface area contributed by atoms with Gasteiger partial charge in [-0.25, -0.2) is 4.39 Å². The molecule has 2 rings (SSSR count). The Morgan fingerprint density at radius 2 is 2.31 bits per heavy atom. The molecule has 1 aromatic carbocycles. The van der Waals surface area contributed by atoms with E-state index in [2.05, 4.69) is 15.4 Å². The fourth-order valence-electron chi connectivity index (χ4n) is 1.42. The van der Waals surface area contributed by atoms with Crippen molar-refractivity contribution in [3.63, 3.8) is 0 Å². The van der Waals surface area contributed by atoms with Crippen LogP contribution < -0.4 is 5.73 Å². The molecular formula is C10H10ClFN4. The number of rotatable bonds is 3. The van der Waals surface area contributed by atoms with E-state index in [1.54, 1.807) is 12.3 Å². The van der Waals surface area contributed by atoms with Crippen molar-refractivity contribution in [1.82, 2.24) is 15.4 Å². The summed E-state index contributed by atoms with van der Waals surface area (Å²) in [5, 5.41) is 10.4. The largest absolute Gasteiger partial charge is 0.322 e. The Morgan fingerprint density at radius 3 is 2.94 bits per heavy atom. The normalized spacial score (nSPS) is 12.7. The molecule has 0 saturated carbocycles. The number of hydrogen-bond acceptors (Lipinski definition) is 3. The average Bonchev–Trinajstić information content (AvgIpc) is 2.75. The zero-order valence-electron chi connectivity index (χ0n) is 8.32. The molecule has 2 aromatic rings. The van der Waals surface area contributed by atoms with Crippen LogP contribution in [-0.2, 0) is 6.42 Å². The first-order valence-corrected chi connectivity index (χ1v) is 5.10. The van der Waals surface area contributed by atoms with Gasteiger partial charge in [0, 0.05) is 5.02 Å². The van der Waals surface area contributed by atoms with Gasteiger partial charge in [0.15, 0.2) is 0 Å². The zero-order valence-corrected chi connectivity index (χ0v) is 9.08. The van der Waals surface area contributed by atoms with Crippen molar-refractivity contribution in [3.8, 4) is 0 Å². The van der Waals surface area contributed by atoms with Crippen LogP contribution in [0.2, 0.25) is 5.02 Å². The van der Waals surface area contributed by atoms with Crippen molar-refractivity contribution in [1.29, 1.82) is 0 Å². The molecule has 6 heteroatoms. The molecule has 1 atom stereocenters. The zero-order chi connectivity index (χ0) is 11.5. The summed E-state index contributed by atoms with van der Waals surface area (Å²) in [7, 11) is 0. The van der Waals surface area contributed by atoms with Crippen LogP contribution in [0.4, 0.5) is 4.39 Å². The molecule has 84 valence electrons. The number of nitrogens with zero attached hydrogens (tertiary/aromatic N) is 2. The SMILES string of the molecule is NC(Cc1ccc(F)cc1Cl)c1cn[nH]n1. The number of H-pyrrole nitrogens is 1. The van der Waals surface area contributed by atoms with E-state index < -0.39 is 0 Å². The fraction of sp³-hybridized carbons (Fsp3) is 0.200. The summed E-state index contributed by atoms with van der Waals surface area (Å²) < 4.78 is 12.8. The molecular weight excluding hydrogens is 231 g/mol. The third-order valence-electron chi connectivity index (χ3n) is 2.27. The number of nitrogens with two attached hydrogens (primary N) is 1. The summed E-state index contributed by atoms with van der Waals surface area (Å²) >= 11 is 5.90. The van der Waals surface area contributed by atoms with Crippen molar-refractivity contribution in [2.24, 2.45) is 5.73 Å². The molecule has 1 aromatic heterocycles. The summed E-state index contributed by atoms with van der Waals surface area (Å²) in [5.74, 6) is -0.358. The smallest absolute Gasteiger partial charge is 0.124 e. The summed E-state index contributed by atoms with van der Waals surface area (Å²) in [6.45, 7) is 0. The third kappa shape index (κ3) is 2.37. The van der Waals surface area contributed by atoms with Crippen LogP contribution in [0, 0.1) is 5.82 Å². The lowest BCUT2D eigenvalue weighted by molar-refractivity contribution is 0.625. The highest BCUT2D eigenvalue weighted by molar-refractivity contribution is 6.31. The minimum Gasteiger partial charge on any atom is -0.322 e. The van der Waals surface area contributed by atoms with Crippen LogP contribution in [0.25, 0.3) is 0 Å². The van der Waals surface area contributed by atoms with Gasteiger partial charge >= 0.3 is 0 Å². The Hall–Kier alpha value is -1.46. The Balaban J connectivity index is 2.15.